The number of para-hydroxylation sites is 1. The monoisotopic (exact) mass is 377 g/mol. The van der Waals surface area contributed by atoms with Crippen molar-refractivity contribution < 1.29 is 18.7 Å². The van der Waals surface area contributed by atoms with Gasteiger partial charge >= 0.3 is 5.97 Å². The highest BCUT2D eigenvalue weighted by Gasteiger charge is 2.13. The number of rotatable bonds is 6. The first kappa shape index (κ1) is 19.3. The average Bonchev–Trinajstić information content (AvgIpc) is 2.70. The van der Waals surface area contributed by atoms with E-state index in [4.69, 9.17) is 4.74 Å². The zero-order valence-electron chi connectivity index (χ0n) is 15.4. The van der Waals surface area contributed by atoms with Crippen LogP contribution in [-0.4, -0.2) is 18.5 Å². The second kappa shape index (κ2) is 8.95. The summed E-state index contributed by atoms with van der Waals surface area (Å²) in [4.78, 5) is 24.2. The Balaban J connectivity index is 1.60. The van der Waals surface area contributed by atoms with Crippen molar-refractivity contribution in [1.82, 2.24) is 0 Å². The van der Waals surface area contributed by atoms with E-state index in [9.17, 15) is 14.0 Å². The third kappa shape index (κ3) is 5.04. The molecule has 0 radical (unpaired) electrons. The second-order valence-corrected chi connectivity index (χ2v) is 6.41. The molecule has 4 nitrogen and oxygen atoms in total. The number of hydrogen-bond donors (Lipinski definition) is 1. The van der Waals surface area contributed by atoms with Gasteiger partial charge in [0, 0.05) is 5.69 Å². The van der Waals surface area contributed by atoms with E-state index >= 15 is 0 Å². The molecule has 0 bridgehead atoms. The Kier molecular flexibility index (Phi) is 6.17. The number of amides is 1. The van der Waals surface area contributed by atoms with E-state index in [0.717, 1.165) is 17.2 Å². The van der Waals surface area contributed by atoms with Crippen LogP contribution >= 0.6 is 0 Å². The zero-order valence-corrected chi connectivity index (χ0v) is 15.4. The largest absolute Gasteiger partial charge is 0.452 e. The Morgan fingerprint density at radius 1 is 0.964 bits per heavy atom. The van der Waals surface area contributed by atoms with Crippen molar-refractivity contribution in [3.8, 4) is 0 Å². The summed E-state index contributed by atoms with van der Waals surface area (Å²) in [6, 6.07) is 21.4. The Labute approximate surface area is 163 Å². The first-order valence-electron chi connectivity index (χ1n) is 8.88. The van der Waals surface area contributed by atoms with Gasteiger partial charge in [0.15, 0.2) is 6.61 Å². The number of carbonyl (C=O) groups excluding carboxylic acids is 2. The summed E-state index contributed by atoms with van der Waals surface area (Å²) in [7, 11) is 0. The average molecular weight is 377 g/mol. The van der Waals surface area contributed by atoms with E-state index in [1.54, 1.807) is 13.0 Å². The molecule has 3 rings (SSSR count). The number of nitrogens with one attached hydrogen (secondary N) is 1. The molecule has 0 unspecified atom stereocenters. The third-order valence-electron chi connectivity index (χ3n) is 4.27. The molecule has 5 heteroatoms. The van der Waals surface area contributed by atoms with Gasteiger partial charge in [0.05, 0.1) is 5.56 Å². The number of benzene rings is 3. The standard InChI is InChI=1S/C23H20FNO3/c1-16-11-12-19(14-20(16)24)23(27)28-15-22(26)25-21-10-6-5-9-18(21)13-17-7-3-2-4-8-17/h2-12,14H,13,15H2,1H3,(H,25,26). The van der Waals surface area contributed by atoms with Gasteiger partial charge in [0.1, 0.15) is 5.82 Å². The molecule has 0 aliphatic rings. The number of aryl methyl sites for hydroxylation is 1. The van der Waals surface area contributed by atoms with Crippen molar-refractivity contribution in [3.05, 3.63) is 101 Å². The molecule has 1 amide bonds. The van der Waals surface area contributed by atoms with Crippen LogP contribution in [0.25, 0.3) is 0 Å². The number of hydrogen-bond acceptors (Lipinski definition) is 3. The zero-order chi connectivity index (χ0) is 19.9. The fraction of sp³-hybridized carbons (Fsp3) is 0.130. The minimum absolute atomic E-state index is 0.0698. The normalized spacial score (nSPS) is 10.4. The second-order valence-electron chi connectivity index (χ2n) is 6.41. The predicted molar refractivity (Wildman–Crippen MR) is 106 cm³/mol. The van der Waals surface area contributed by atoms with Crippen LogP contribution < -0.4 is 5.32 Å². The molecule has 142 valence electrons. The summed E-state index contributed by atoms with van der Waals surface area (Å²) < 4.78 is 18.6. The van der Waals surface area contributed by atoms with E-state index < -0.39 is 24.3 Å². The van der Waals surface area contributed by atoms with E-state index in [2.05, 4.69) is 5.32 Å². The predicted octanol–water partition coefficient (Wildman–Crippen LogP) is 4.52. The van der Waals surface area contributed by atoms with Crippen molar-refractivity contribution in [2.75, 3.05) is 11.9 Å². The van der Waals surface area contributed by atoms with Gasteiger partial charge in [-0.25, -0.2) is 9.18 Å². The first-order chi connectivity index (χ1) is 13.5. The highest BCUT2D eigenvalue weighted by Crippen LogP contribution is 2.19. The lowest BCUT2D eigenvalue weighted by molar-refractivity contribution is -0.119. The fourth-order valence-corrected chi connectivity index (χ4v) is 2.73. The Morgan fingerprint density at radius 2 is 1.68 bits per heavy atom. The number of carbonyl (C=O) groups is 2. The molecule has 0 aliphatic carbocycles. The maximum absolute atomic E-state index is 13.6. The van der Waals surface area contributed by atoms with Crippen LogP contribution in [0.1, 0.15) is 27.0 Å². The molecule has 0 saturated carbocycles. The van der Waals surface area contributed by atoms with Gasteiger partial charge in [-0.1, -0.05) is 54.6 Å². The molecule has 28 heavy (non-hydrogen) atoms. The number of esters is 1. The molecular formula is C23H20FNO3. The van der Waals surface area contributed by atoms with Crippen molar-refractivity contribution in [1.29, 1.82) is 0 Å². The number of ether oxygens (including phenoxy) is 1. The van der Waals surface area contributed by atoms with Gasteiger partial charge in [0.25, 0.3) is 5.91 Å². The summed E-state index contributed by atoms with van der Waals surface area (Å²) >= 11 is 0. The Morgan fingerprint density at radius 3 is 2.43 bits per heavy atom. The molecule has 1 N–H and O–H groups in total. The third-order valence-corrected chi connectivity index (χ3v) is 4.27. The van der Waals surface area contributed by atoms with Gasteiger partial charge in [0.2, 0.25) is 0 Å². The van der Waals surface area contributed by atoms with Crippen molar-refractivity contribution >= 4 is 17.6 Å². The van der Waals surface area contributed by atoms with E-state index in [1.807, 2.05) is 48.5 Å². The molecule has 0 fully saturated rings. The summed E-state index contributed by atoms with van der Waals surface area (Å²) in [5.41, 5.74) is 3.24. The van der Waals surface area contributed by atoms with Crippen LogP contribution in [0.3, 0.4) is 0 Å². The van der Waals surface area contributed by atoms with E-state index in [1.165, 1.54) is 12.1 Å². The van der Waals surface area contributed by atoms with Crippen LogP contribution in [0, 0.1) is 12.7 Å². The maximum atomic E-state index is 13.6. The summed E-state index contributed by atoms with van der Waals surface area (Å²) in [6.07, 6.45) is 0.666. The molecule has 0 heterocycles. The van der Waals surface area contributed by atoms with Gasteiger partial charge in [-0.05, 0) is 48.2 Å². The smallest absolute Gasteiger partial charge is 0.338 e. The quantitative estimate of drug-likeness (QED) is 0.643. The van der Waals surface area contributed by atoms with Gasteiger partial charge in [-0.2, -0.15) is 0 Å². The topological polar surface area (TPSA) is 55.4 Å². The van der Waals surface area contributed by atoms with Crippen LogP contribution in [0.4, 0.5) is 10.1 Å². The Bertz CT molecular complexity index is 986. The van der Waals surface area contributed by atoms with E-state index in [-0.39, 0.29) is 5.56 Å². The van der Waals surface area contributed by atoms with Gasteiger partial charge < -0.3 is 10.1 Å². The van der Waals surface area contributed by atoms with Crippen LogP contribution in [0.2, 0.25) is 0 Å². The van der Waals surface area contributed by atoms with E-state index in [0.29, 0.717) is 17.7 Å². The van der Waals surface area contributed by atoms with Crippen molar-refractivity contribution in [2.24, 2.45) is 0 Å². The van der Waals surface area contributed by atoms with Crippen molar-refractivity contribution in [2.45, 2.75) is 13.3 Å². The molecule has 3 aromatic carbocycles. The number of halogens is 1. The van der Waals surface area contributed by atoms with Gasteiger partial charge in [-0.15, -0.1) is 0 Å². The highest BCUT2D eigenvalue weighted by atomic mass is 19.1. The van der Waals surface area contributed by atoms with Gasteiger partial charge in [-0.3, -0.25) is 4.79 Å². The highest BCUT2D eigenvalue weighted by molar-refractivity contribution is 5.96. The lowest BCUT2D eigenvalue weighted by Crippen LogP contribution is -2.21. The summed E-state index contributed by atoms with van der Waals surface area (Å²) in [5, 5.41) is 2.77. The minimum atomic E-state index is -0.744. The van der Waals surface area contributed by atoms with Crippen molar-refractivity contribution in [3.63, 3.8) is 0 Å². The summed E-state index contributed by atoms with van der Waals surface area (Å²) in [6.45, 7) is 1.15. The molecule has 0 atom stereocenters. The lowest BCUT2D eigenvalue weighted by Gasteiger charge is -2.12. The molecule has 0 aliphatic heterocycles. The minimum Gasteiger partial charge on any atom is -0.452 e. The molecule has 0 spiro atoms. The SMILES string of the molecule is Cc1ccc(C(=O)OCC(=O)Nc2ccccc2Cc2ccccc2)cc1F. The van der Waals surface area contributed by atoms with Crippen LogP contribution in [0.15, 0.2) is 72.8 Å². The maximum Gasteiger partial charge on any atom is 0.338 e. The summed E-state index contributed by atoms with van der Waals surface area (Å²) in [5.74, 6) is -1.69. The lowest BCUT2D eigenvalue weighted by atomic mass is 10.0. The molecule has 0 saturated heterocycles. The molecular weight excluding hydrogens is 357 g/mol. The number of anilines is 1. The fourth-order valence-electron chi connectivity index (χ4n) is 2.73. The van der Waals surface area contributed by atoms with Crippen LogP contribution in [0.5, 0.6) is 0 Å². The van der Waals surface area contributed by atoms with Crippen LogP contribution in [-0.2, 0) is 16.0 Å². The molecule has 0 aromatic heterocycles. The Hall–Kier alpha value is -3.47. The first-order valence-corrected chi connectivity index (χ1v) is 8.88. The molecule has 3 aromatic rings.